The molecule has 4 nitrogen and oxygen atoms in total. The van der Waals surface area contributed by atoms with Gasteiger partial charge in [0.2, 0.25) is 0 Å². The molecule has 0 fully saturated rings. The second-order valence-electron chi connectivity index (χ2n) is 4.16. The Morgan fingerprint density at radius 2 is 1.86 bits per heavy atom. The summed E-state index contributed by atoms with van der Waals surface area (Å²) < 4.78 is 18.9. The topological polar surface area (TPSA) is 50.4 Å². The number of hydrogen-bond acceptors (Lipinski definition) is 2. The molecular weight excluding hydrogens is 339 g/mol. The highest BCUT2D eigenvalue weighted by Crippen LogP contribution is 2.20. The minimum absolute atomic E-state index is 0.301. The van der Waals surface area contributed by atoms with Crippen LogP contribution in [0.1, 0.15) is 0 Å². The van der Waals surface area contributed by atoms with Crippen LogP contribution in [0.15, 0.2) is 53.0 Å². The minimum Gasteiger partial charge on any atom is -0.492 e. The van der Waals surface area contributed by atoms with Crippen molar-refractivity contribution in [1.82, 2.24) is 5.32 Å². The van der Waals surface area contributed by atoms with Crippen molar-refractivity contribution in [2.45, 2.75) is 0 Å². The molecule has 0 bridgehead atoms. The van der Waals surface area contributed by atoms with E-state index in [4.69, 9.17) is 4.74 Å². The summed E-state index contributed by atoms with van der Waals surface area (Å²) in [6.45, 7) is 0.642. The molecule has 2 aromatic rings. The van der Waals surface area contributed by atoms with E-state index in [0.717, 1.165) is 4.47 Å². The van der Waals surface area contributed by atoms with Gasteiger partial charge in [-0.05, 0) is 52.3 Å². The lowest BCUT2D eigenvalue weighted by Gasteiger charge is -2.10. The first kappa shape index (κ1) is 15.3. The van der Waals surface area contributed by atoms with Crippen molar-refractivity contribution in [2.24, 2.45) is 0 Å². The van der Waals surface area contributed by atoms with Crippen LogP contribution < -0.4 is 15.4 Å². The number of carbonyl (C=O) groups is 1. The Morgan fingerprint density at radius 3 is 2.57 bits per heavy atom. The van der Waals surface area contributed by atoms with Crippen molar-refractivity contribution < 1.29 is 13.9 Å². The molecule has 0 spiro atoms. The van der Waals surface area contributed by atoms with Gasteiger partial charge in [-0.1, -0.05) is 12.1 Å². The van der Waals surface area contributed by atoms with Gasteiger partial charge in [0.15, 0.2) is 0 Å². The van der Waals surface area contributed by atoms with Gasteiger partial charge in [-0.25, -0.2) is 9.18 Å². The molecule has 0 heterocycles. The van der Waals surface area contributed by atoms with Crippen molar-refractivity contribution in [3.8, 4) is 5.75 Å². The van der Waals surface area contributed by atoms with Crippen LogP contribution in [0.3, 0.4) is 0 Å². The fourth-order valence-corrected chi connectivity index (χ4v) is 1.98. The zero-order chi connectivity index (χ0) is 15.1. The number of hydrogen-bond donors (Lipinski definition) is 2. The number of rotatable bonds is 5. The van der Waals surface area contributed by atoms with Crippen LogP contribution in [0.25, 0.3) is 0 Å². The summed E-state index contributed by atoms with van der Waals surface area (Å²) in [5.74, 6) is 0.248. The van der Waals surface area contributed by atoms with E-state index in [1.54, 1.807) is 6.07 Å². The first-order valence-corrected chi connectivity index (χ1v) is 7.12. The van der Waals surface area contributed by atoms with Crippen molar-refractivity contribution in [2.75, 3.05) is 18.5 Å². The highest BCUT2D eigenvalue weighted by atomic mass is 79.9. The maximum absolute atomic E-state index is 12.7. The molecule has 0 saturated carbocycles. The summed E-state index contributed by atoms with van der Waals surface area (Å²) >= 11 is 3.35. The average molecular weight is 353 g/mol. The van der Waals surface area contributed by atoms with Gasteiger partial charge in [0.25, 0.3) is 0 Å². The Bertz CT molecular complexity index is 605. The summed E-state index contributed by atoms with van der Waals surface area (Å²) in [6, 6.07) is 12.7. The first-order chi connectivity index (χ1) is 10.1. The predicted molar refractivity (Wildman–Crippen MR) is 83.1 cm³/mol. The lowest BCUT2D eigenvalue weighted by molar-refractivity contribution is 0.247. The normalized spacial score (nSPS) is 10.0. The third kappa shape index (κ3) is 5.07. The van der Waals surface area contributed by atoms with Crippen molar-refractivity contribution in [3.63, 3.8) is 0 Å². The van der Waals surface area contributed by atoms with E-state index in [2.05, 4.69) is 26.6 Å². The number of para-hydroxylation sites is 1. The van der Waals surface area contributed by atoms with Crippen molar-refractivity contribution in [1.29, 1.82) is 0 Å². The molecule has 21 heavy (non-hydrogen) atoms. The van der Waals surface area contributed by atoms with Crippen LogP contribution in [-0.2, 0) is 0 Å². The van der Waals surface area contributed by atoms with E-state index in [9.17, 15) is 9.18 Å². The number of nitrogens with one attached hydrogen (secondary N) is 2. The number of halogens is 2. The van der Waals surface area contributed by atoms with Gasteiger partial charge >= 0.3 is 6.03 Å². The van der Waals surface area contributed by atoms with Crippen molar-refractivity contribution >= 4 is 27.6 Å². The van der Waals surface area contributed by atoms with Gasteiger partial charge in [-0.2, -0.15) is 0 Å². The first-order valence-electron chi connectivity index (χ1n) is 6.33. The van der Waals surface area contributed by atoms with E-state index in [0.29, 0.717) is 24.6 Å². The van der Waals surface area contributed by atoms with E-state index >= 15 is 0 Å². The Balaban J connectivity index is 1.70. The van der Waals surface area contributed by atoms with E-state index in [1.807, 2.05) is 18.2 Å². The van der Waals surface area contributed by atoms with Crippen LogP contribution in [0, 0.1) is 5.82 Å². The van der Waals surface area contributed by atoms with Gasteiger partial charge < -0.3 is 15.4 Å². The Kier molecular flexibility index (Phi) is 5.57. The van der Waals surface area contributed by atoms with Crippen LogP contribution >= 0.6 is 15.9 Å². The third-order valence-electron chi connectivity index (χ3n) is 2.59. The van der Waals surface area contributed by atoms with E-state index < -0.39 is 0 Å². The zero-order valence-corrected chi connectivity index (χ0v) is 12.7. The molecule has 110 valence electrons. The van der Waals surface area contributed by atoms with Gasteiger partial charge in [0, 0.05) is 4.47 Å². The molecule has 0 aliphatic rings. The molecule has 2 amide bonds. The molecule has 2 rings (SSSR count). The number of anilines is 1. The van der Waals surface area contributed by atoms with Crippen LogP contribution in [-0.4, -0.2) is 19.2 Å². The van der Waals surface area contributed by atoms with Gasteiger partial charge in [-0.3, -0.25) is 0 Å². The molecule has 6 heteroatoms. The molecule has 0 atom stereocenters. The lowest BCUT2D eigenvalue weighted by Crippen LogP contribution is -2.32. The SMILES string of the molecule is O=C(NCCOc1ccc(F)cc1)Nc1ccccc1Br. The Hall–Kier alpha value is -2.08. The smallest absolute Gasteiger partial charge is 0.319 e. The molecule has 0 aromatic heterocycles. The largest absolute Gasteiger partial charge is 0.492 e. The summed E-state index contributed by atoms with van der Waals surface area (Å²) in [5.41, 5.74) is 0.689. The quantitative estimate of drug-likeness (QED) is 0.804. The average Bonchev–Trinajstić information content (AvgIpc) is 2.48. The monoisotopic (exact) mass is 352 g/mol. The second-order valence-corrected chi connectivity index (χ2v) is 5.02. The summed E-state index contributed by atoms with van der Waals surface area (Å²) in [6.07, 6.45) is 0. The molecule has 2 aromatic carbocycles. The molecule has 0 saturated heterocycles. The second kappa shape index (κ2) is 7.64. The molecule has 0 aliphatic carbocycles. The van der Waals surface area contributed by atoms with Gasteiger partial charge in [-0.15, -0.1) is 0 Å². The van der Waals surface area contributed by atoms with E-state index in [-0.39, 0.29) is 11.8 Å². The summed E-state index contributed by atoms with van der Waals surface area (Å²) in [7, 11) is 0. The van der Waals surface area contributed by atoms with Crippen LogP contribution in [0.4, 0.5) is 14.9 Å². The number of amides is 2. The molecule has 2 N–H and O–H groups in total. The highest BCUT2D eigenvalue weighted by molar-refractivity contribution is 9.10. The number of carbonyl (C=O) groups excluding carboxylic acids is 1. The van der Waals surface area contributed by atoms with Gasteiger partial charge in [0.05, 0.1) is 12.2 Å². The third-order valence-corrected chi connectivity index (χ3v) is 3.28. The predicted octanol–water partition coefficient (Wildman–Crippen LogP) is 3.79. The van der Waals surface area contributed by atoms with Crippen LogP contribution in [0.5, 0.6) is 5.75 Å². The molecular formula is C15H14BrFN2O2. The fraction of sp³-hybridized carbons (Fsp3) is 0.133. The Labute approximate surface area is 130 Å². The highest BCUT2D eigenvalue weighted by Gasteiger charge is 2.03. The van der Waals surface area contributed by atoms with Gasteiger partial charge in [0.1, 0.15) is 18.2 Å². The zero-order valence-electron chi connectivity index (χ0n) is 11.1. The molecule has 0 aliphatic heterocycles. The summed E-state index contributed by atoms with van der Waals surface area (Å²) in [5, 5.41) is 5.38. The van der Waals surface area contributed by atoms with E-state index in [1.165, 1.54) is 24.3 Å². The molecule has 0 radical (unpaired) electrons. The van der Waals surface area contributed by atoms with Crippen molar-refractivity contribution in [3.05, 3.63) is 58.8 Å². The Morgan fingerprint density at radius 1 is 1.14 bits per heavy atom. The maximum Gasteiger partial charge on any atom is 0.319 e. The fourth-order valence-electron chi connectivity index (χ4n) is 1.59. The number of urea groups is 1. The number of benzene rings is 2. The lowest BCUT2D eigenvalue weighted by atomic mass is 10.3. The summed E-state index contributed by atoms with van der Waals surface area (Å²) in [4.78, 5) is 11.7. The minimum atomic E-state index is -0.315. The standard InChI is InChI=1S/C15H14BrFN2O2/c16-13-3-1-2-4-14(13)19-15(20)18-9-10-21-12-7-5-11(17)6-8-12/h1-8H,9-10H2,(H2,18,19,20). The van der Waals surface area contributed by atoms with Crippen LogP contribution in [0.2, 0.25) is 0 Å². The molecule has 0 unspecified atom stereocenters. The maximum atomic E-state index is 12.7. The number of ether oxygens (including phenoxy) is 1.